The number of nitro benzene ring substituents is 1. The van der Waals surface area contributed by atoms with Gasteiger partial charge in [0.2, 0.25) is 5.91 Å². The number of hydrogen-bond acceptors (Lipinski definition) is 5. The highest BCUT2D eigenvalue weighted by molar-refractivity contribution is 6.34. The van der Waals surface area contributed by atoms with Crippen LogP contribution in [0.25, 0.3) is 0 Å². The molecule has 0 heterocycles. The maximum absolute atomic E-state index is 13.2. The number of nitrogens with zero attached hydrogens (tertiary/aromatic N) is 1. The van der Waals surface area contributed by atoms with E-state index in [1.807, 2.05) is 0 Å². The summed E-state index contributed by atoms with van der Waals surface area (Å²) in [5, 5.41) is 19.2. The average Bonchev–Trinajstić information content (AvgIpc) is 2.75. The first-order valence-electron chi connectivity index (χ1n) is 9.39. The van der Waals surface area contributed by atoms with Crippen LogP contribution in [0, 0.1) is 22.9 Å². The largest absolute Gasteiger partial charge is 0.376 e. The van der Waals surface area contributed by atoms with Gasteiger partial charge in [0.25, 0.3) is 11.6 Å². The number of halogens is 2. The van der Waals surface area contributed by atoms with Gasteiger partial charge in [-0.3, -0.25) is 19.7 Å². The lowest BCUT2D eigenvalue weighted by molar-refractivity contribution is -0.385. The molecule has 0 saturated heterocycles. The summed E-state index contributed by atoms with van der Waals surface area (Å²) in [6.07, 6.45) is 0. The fourth-order valence-corrected chi connectivity index (χ4v) is 3.16. The Bertz CT molecular complexity index is 1200. The first kappa shape index (κ1) is 22.7. The highest BCUT2D eigenvalue weighted by atomic mass is 35.5. The SMILES string of the molecule is Cc1c(NC(=O)CNc2ccccc2C(=O)Nc2ccc(F)cc2Cl)cccc1[N+](=O)[O-]. The number of carbonyl (C=O) groups is 2. The molecular weight excluding hydrogens is 439 g/mol. The van der Waals surface area contributed by atoms with E-state index in [-0.39, 0.29) is 28.5 Å². The van der Waals surface area contributed by atoms with Crippen LogP contribution >= 0.6 is 11.6 Å². The lowest BCUT2D eigenvalue weighted by Crippen LogP contribution is -2.24. The molecule has 3 aromatic carbocycles. The minimum Gasteiger partial charge on any atom is -0.376 e. The van der Waals surface area contributed by atoms with E-state index in [4.69, 9.17) is 11.6 Å². The van der Waals surface area contributed by atoms with Crippen molar-refractivity contribution >= 4 is 46.2 Å². The van der Waals surface area contributed by atoms with E-state index in [9.17, 15) is 24.1 Å². The van der Waals surface area contributed by atoms with Crippen LogP contribution < -0.4 is 16.0 Å². The molecule has 0 bridgehead atoms. The molecule has 3 rings (SSSR count). The van der Waals surface area contributed by atoms with Gasteiger partial charge < -0.3 is 16.0 Å². The van der Waals surface area contributed by atoms with Gasteiger partial charge in [0.05, 0.1) is 39.0 Å². The molecule has 3 N–H and O–H groups in total. The van der Waals surface area contributed by atoms with E-state index in [0.717, 1.165) is 6.07 Å². The molecule has 0 aliphatic carbocycles. The number of benzene rings is 3. The predicted molar refractivity (Wildman–Crippen MR) is 121 cm³/mol. The lowest BCUT2D eigenvalue weighted by Gasteiger charge is -2.13. The van der Waals surface area contributed by atoms with Crippen LogP contribution in [0.4, 0.5) is 27.1 Å². The summed E-state index contributed by atoms with van der Waals surface area (Å²) in [4.78, 5) is 35.6. The maximum atomic E-state index is 13.2. The molecule has 0 unspecified atom stereocenters. The molecule has 0 aromatic heterocycles. The zero-order chi connectivity index (χ0) is 23.3. The van der Waals surface area contributed by atoms with Crippen molar-refractivity contribution in [2.75, 3.05) is 22.5 Å². The molecule has 0 radical (unpaired) electrons. The monoisotopic (exact) mass is 456 g/mol. The van der Waals surface area contributed by atoms with E-state index < -0.39 is 22.6 Å². The summed E-state index contributed by atoms with van der Waals surface area (Å²) in [5.41, 5.74) is 1.43. The minimum atomic E-state index is -0.528. The number of nitrogens with one attached hydrogen (secondary N) is 3. The Hall–Kier alpha value is -3.98. The van der Waals surface area contributed by atoms with Crippen molar-refractivity contribution in [3.63, 3.8) is 0 Å². The van der Waals surface area contributed by atoms with E-state index in [1.54, 1.807) is 37.3 Å². The predicted octanol–water partition coefficient (Wildman–Crippen LogP) is 5.00. The molecule has 0 aliphatic heterocycles. The summed E-state index contributed by atoms with van der Waals surface area (Å²) in [6, 6.07) is 14.5. The van der Waals surface area contributed by atoms with Gasteiger partial charge in [-0.15, -0.1) is 0 Å². The Kier molecular flexibility index (Phi) is 7.01. The fourth-order valence-electron chi connectivity index (χ4n) is 2.94. The molecule has 0 fully saturated rings. The lowest BCUT2D eigenvalue weighted by atomic mass is 10.1. The van der Waals surface area contributed by atoms with Crippen molar-refractivity contribution < 1.29 is 18.9 Å². The van der Waals surface area contributed by atoms with Crippen molar-refractivity contribution in [1.82, 2.24) is 0 Å². The normalized spacial score (nSPS) is 10.3. The van der Waals surface area contributed by atoms with Gasteiger partial charge in [-0.25, -0.2) is 4.39 Å². The smallest absolute Gasteiger partial charge is 0.274 e. The highest BCUT2D eigenvalue weighted by Crippen LogP contribution is 2.26. The molecule has 2 amide bonds. The first-order valence-corrected chi connectivity index (χ1v) is 9.77. The van der Waals surface area contributed by atoms with E-state index >= 15 is 0 Å². The number of para-hydroxylation sites is 1. The Morgan fingerprint density at radius 2 is 1.72 bits per heavy atom. The molecule has 0 saturated carbocycles. The third kappa shape index (κ3) is 5.38. The molecule has 10 heteroatoms. The first-order chi connectivity index (χ1) is 15.3. The fraction of sp³-hybridized carbons (Fsp3) is 0.0909. The van der Waals surface area contributed by atoms with Crippen LogP contribution in [-0.4, -0.2) is 23.3 Å². The van der Waals surface area contributed by atoms with Crippen molar-refractivity contribution in [3.05, 3.63) is 92.7 Å². The Morgan fingerprint density at radius 1 is 1.00 bits per heavy atom. The number of amides is 2. The van der Waals surface area contributed by atoms with Crippen LogP contribution in [0.1, 0.15) is 15.9 Å². The van der Waals surface area contributed by atoms with Gasteiger partial charge in [-0.1, -0.05) is 29.8 Å². The van der Waals surface area contributed by atoms with Gasteiger partial charge in [0.15, 0.2) is 0 Å². The summed E-state index contributed by atoms with van der Waals surface area (Å²) < 4.78 is 13.2. The Balaban J connectivity index is 1.69. The number of carbonyl (C=O) groups excluding carboxylic acids is 2. The number of hydrogen-bond donors (Lipinski definition) is 3. The van der Waals surface area contributed by atoms with Crippen LogP contribution in [0.2, 0.25) is 5.02 Å². The Labute approximate surface area is 187 Å². The second-order valence-corrected chi connectivity index (χ2v) is 7.14. The van der Waals surface area contributed by atoms with Crippen LogP contribution in [0.15, 0.2) is 60.7 Å². The zero-order valence-corrected chi connectivity index (χ0v) is 17.6. The standard InChI is InChI=1S/C22H18ClFN4O4/c1-13-17(7-4-8-20(13)28(31)32)26-21(29)12-25-18-6-3-2-5-15(18)22(30)27-19-10-9-14(24)11-16(19)23/h2-11,25H,12H2,1H3,(H,26,29)(H,27,30). The third-order valence-electron chi connectivity index (χ3n) is 4.57. The summed E-state index contributed by atoms with van der Waals surface area (Å²) >= 11 is 5.96. The van der Waals surface area contributed by atoms with Crippen molar-refractivity contribution in [3.8, 4) is 0 Å². The van der Waals surface area contributed by atoms with Gasteiger partial charge in [-0.05, 0) is 43.3 Å². The molecule has 0 aliphatic rings. The molecule has 0 spiro atoms. The average molecular weight is 457 g/mol. The highest BCUT2D eigenvalue weighted by Gasteiger charge is 2.16. The molecule has 32 heavy (non-hydrogen) atoms. The zero-order valence-electron chi connectivity index (χ0n) is 16.8. The van der Waals surface area contributed by atoms with E-state index in [1.165, 1.54) is 24.3 Å². The van der Waals surface area contributed by atoms with Crippen LogP contribution in [0.3, 0.4) is 0 Å². The molecule has 164 valence electrons. The molecule has 8 nitrogen and oxygen atoms in total. The van der Waals surface area contributed by atoms with Crippen LogP contribution in [-0.2, 0) is 4.79 Å². The summed E-state index contributed by atoms with van der Waals surface area (Å²) in [6.45, 7) is 1.35. The van der Waals surface area contributed by atoms with Crippen molar-refractivity contribution in [1.29, 1.82) is 0 Å². The summed E-state index contributed by atoms with van der Waals surface area (Å²) in [5.74, 6) is -1.48. The number of anilines is 3. The number of rotatable bonds is 7. The van der Waals surface area contributed by atoms with E-state index in [2.05, 4.69) is 16.0 Å². The second-order valence-electron chi connectivity index (χ2n) is 6.73. The quantitative estimate of drug-likeness (QED) is 0.342. The molecule has 0 atom stereocenters. The second kappa shape index (κ2) is 9.88. The molecule has 3 aromatic rings. The van der Waals surface area contributed by atoms with Gasteiger partial charge in [-0.2, -0.15) is 0 Å². The van der Waals surface area contributed by atoms with E-state index in [0.29, 0.717) is 16.9 Å². The maximum Gasteiger partial charge on any atom is 0.274 e. The third-order valence-corrected chi connectivity index (χ3v) is 4.88. The van der Waals surface area contributed by atoms with Crippen molar-refractivity contribution in [2.45, 2.75) is 6.92 Å². The summed E-state index contributed by atoms with van der Waals surface area (Å²) in [7, 11) is 0. The van der Waals surface area contributed by atoms with Crippen molar-refractivity contribution in [2.24, 2.45) is 0 Å². The van der Waals surface area contributed by atoms with Crippen LogP contribution in [0.5, 0.6) is 0 Å². The van der Waals surface area contributed by atoms with Gasteiger partial charge >= 0.3 is 0 Å². The minimum absolute atomic E-state index is 0.0514. The topological polar surface area (TPSA) is 113 Å². The molecular formula is C22H18ClFN4O4. The number of nitro groups is 1. The van der Waals surface area contributed by atoms with Gasteiger partial charge in [0.1, 0.15) is 5.82 Å². The van der Waals surface area contributed by atoms with Gasteiger partial charge in [0, 0.05) is 11.8 Å². The Morgan fingerprint density at radius 3 is 2.44 bits per heavy atom.